The number of unbranched alkanes of at least 4 members (excludes halogenated alkanes) is 1. The third-order valence-corrected chi connectivity index (χ3v) is 3.98. The molecular formula is C17H28IN3. The van der Waals surface area contributed by atoms with Gasteiger partial charge in [0, 0.05) is 26.7 Å². The average Bonchev–Trinajstić information content (AvgIpc) is 2.93. The van der Waals surface area contributed by atoms with Crippen LogP contribution in [0.5, 0.6) is 0 Å². The molecule has 1 fully saturated rings. The molecule has 1 heterocycles. The average molecular weight is 401 g/mol. The summed E-state index contributed by atoms with van der Waals surface area (Å²) in [6.07, 6.45) is 4.88. The zero-order valence-corrected chi connectivity index (χ0v) is 15.5. The molecule has 1 saturated heterocycles. The zero-order chi connectivity index (χ0) is 14.2. The van der Waals surface area contributed by atoms with E-state index in [1.54, 1.807) is 0 Å². The molecule has 1 aliphatic rings. The van der Waals surface area contributed by atoms with E-state index in [1.165, 1.54) is 31.2 Å². The Morgan fingerprint density at radius 1 is 1.33 bits per heavy atom. The maximum Gasteiger partial charge on any atom is 0.193 e. The molecule has 1 aromatic carbocycles. The molecule has 0 saturated carbocycles. The van der Waals surface area contributed by atoms with Gasteiger partial charge in [0.15, 0.2) is 5.96 Å². The number of nitrogens with one attached hydrogen (secondary N) is 1. The molecule has 3 nitrogen and oxygen atoms in total. The molecule has 0 aliphatic carbocycles. The molecule has 2 rings (SSSR count). The third kappa shape index (κ3) is 5.85. The Bertz CT molecular complexity index is 419. The van der Waals surface area contributed by atoms with Gasteiger partial charge in [0.1, 0.15) is 0 Å². The number of hydrogen-bond acceptors (Lipinski definition) is 1. The quantitative estimate of drug-likeness (QED) is 0.354. The summed E-state index contributed by atoms with van der Waals surface area (Å²) in [5.74, 6) is 1.83. The Kier molecular flexibility index (Phi) is 8.73. The van der Waals surface area contributed by atoms with Gasteiger partial charge in [-0.1, -0.05) is 43.7 Å². The lowest BCUT2D eigenvalue weighted by atomic mass is 9.99. The smallest absolute Gasteiger partial charge is 0.193 e. The van der Waals surface area contributed by atoms with Gasteiger partial charge in [0.05, 0.1) is 0 Å². The monoisotopic (exact) mass is 401 g/mol. The standard InChI is InChI=1S/C17H27N3.HI/c1-3-4-11-19-17(18-2)20-12-10-16(14-20)13-15-8-6-5-7-9-15;/h5-9,16H,3-4,10-14H2,1-2H3,(H,18,19);1H. The molecule has 1 unspecified atom stereocenters. The van der Waals surface area contributed by atoms with Crippen molar-refractivity contribution in [3.8, 4) is 0 Å². The van der Waals surface area contributed by atoms with Crippen molar-refractivity contribution in [1.82, 2.24) is 10.2 Å². The van der Waals surface area contributed by atoms with Crippen LogP contribution < -0.4 is 5.32 Å². The number of benzene rings is 1. The molecule has 1 atom stereocenters. The summed E-state index contributed by atoms with van der Waals surface area (Å²) in [5.41, 5.74) is 1.45. The van der Waals surface area contributed by atoms with E-state index in [2.05, 4.69) is 52.5 Å². The number of aliphatic imine (C=N–C) groups is 1. The molecule has 0 radical (unpaired) electrons. The summed E-state index contributed by atoms with van der Waals surface area (Å²) < 4.78 is 0. The normalized spacial score (nSPS) is 18.5. The van der Waals surface area contributed by atoms with Crippen molar-refractivity contribution in [3.05, 3.63) is 35.9 Å². The summed E-state index contributed by atoms with van der Waals surface area (Å²) in [7, 11) is 1.89. The predicted octanol–water partition coefficient (Wildman–Crippen LogP) is 3.54. The zero-order valence-electron chi connectivity index (χ0n) is 13.2. The first-order valence-electron chi connectivity index (χ1n) is 7.83. The van der Waals surface area contributed by atoms with Crippen molar-refractivity contribution in [2.75, 3.05) is 26.7 Å². The van der Waals surface area contributed by atoms with E-state index in [1.807, 2.05) is 7.05 Å². The fourth-order valence-corrected chi connectivity index (χ4v) is 2.85. The summed E-state index contributed by atoms with van der Waals surface area (Å²) in [6.45, 7) is 5.50. The second-order valence-corrected chi connectivity index (χ2v) is 5.62. The van der Waals surface area contributed by atoms with Crippen LogP contribution in [0.15, 0.2) is 35.3 Å². The fraction of sp³-hybridized carbons (Fsp3) is 0.588. The summed E-state index contributed by atoms with van der Waals surface area (Å²) in [5, 5.41) is 3.47. The highest BCUT2D eigenvalue weighted by molar-refractivity contribution is 14.0. The van der Waals surface area contributed by atoms with Crippen LogP contribution in [-0.4, -0.2) is 37.5 Å². The van der Waals surface area contributed by atoms with Crippen molar-refractivity contribution in [2.24, 2.45) is 10.9 Å². The molecule has 1 aromatic rings. The van der Waals surface area contributed by atoms with E-state index < -0.39 is 0 Å². The Morgan fingerprint density at radius 3 is 2.76 bits per heavy atom. The van der Waals surface area contributed by atoms with Crippen LogP contribution in [0.4, 0.5) is 0 Å². The highest BCUT2D eigenvalue weighted by Gasteiger charge is 2.24. The third-order valence-electron chi connectivity index (χ3n) is 3.98. The molecular weight excluding hydrogens is 373 g/mol. The lowest BCUT2D eigenvalue weighted by Gasteiger charge is -2.21. The lowest BCUT2D eigenvalue weighted by molar-refractivity contribution is 0.459. The van der Waals surface area contributed by atoms with Crippen molar-refractivity contribution in [2.45, 2.75) is 32.6 Å². The van der Waals surface area contributed by atoms with Crippen LogP contribution in [0.1, 0.15) is 31.7 Å². The fourth-order valence-electron chi connectivity index (χ4n) is 2.85. The number of likely N-dealkylation sites (tertiary alicyclic amines) is 1. The van der Waals surface area contributed by atoms with E-state index in [4.69, 9.17) is 0 Å². The molecule has 0 bridgehead atoms. The minimum absolute atomic E-state index is 0. The number of rotatable bonds is 5. The van der Waals surface area contributed by atoms with Crippen LogP contribution in [0.3, 0.4) is 0 Å². The van der Waals surface area contributed by atoms with Gasteiger partial charge in [-0.3, -0.25) is 4.99 Å². The van der Waals surface area contributed by atoms with Gasteiger partial charge in [-0.2, -0.15) is 0 Å². The van der Waals surface area contributed by atoms with Gasteiger partial charge in [-0.25, -0.2) is 0 Å². The van der Waals surface area contributed by atoms with E-state index >= 15 is 0 Å². The van der Waals surface area contributed by atoms with Crippen LogP contribution in [0.25, 0.3) is 0 Å². The van der Waals surface area contributed by atoms with E-state index in [0.717, 1.165) is 31.5 Å². The minimum Gasteiger partial charge on any atom is -0.356 e. The highest BCUT2D eigenvalue weighted by Crippen LogP contribution is 2.20. The van der Waals surface area contributed by atoms with Crippen LogP contribution >= 0.6 is 24.0 Å². The Morgan fingerprint density at radius 2 is 2.10 bits per heavy atom. The Hall–Kier alpha value is -0.780. The van der Waals surface area contributed by atoms with Crippen LogP contribution in [0, 0.1) is 5.92 Å². The first kappa shape index (κ1) is 18.3. The molecule has 0 aromatic heterocycles. The largest absolute Gasteiger partial charge is 0.356 e. The van der Waals surface area contributed by atoms with Gasteiger partial charge in [0.25, 0.3) is 0 Å². The molecule has 21 heavy (non-hydrogen) atoms. The van der Waals surface area contributed by atoms with Gasteiger partial charge >= 0.3 is 0 Å². The van der Waals surface area contributed by atoms with Gasteiger partial charge in [0.2, 0.25) is 0 Å². The second kappa shape index (κ2) is 10.0. The van der Waals surface area contributed by atoms with E-state index in [-0.39, 0.29) is 24.0 Å². The number of halogens is 1. The van der Waals surface area contributed by atoms with Gasteiger partial charge in [-0.05, 0) is 30.7 Å². The minimum atomic E-state index is 0. The highest BCUT2D eigenvalue weighted by atomic mass is 127. The summed E-state index contributed by atoms with van der Waals surface area (Å²) >= 11 is 0. The second-order valence-electron chi connectivity index (χ2n) is 5.62. The predicted molar refractivity (Wildman–Crippen MR) is 102 cm³/mol. The first-order chi connectivity index (χ1) is 9.83. The number of guanidine groups is 1. The van der Waals surface area contributed by atoms with E-state index in [0.29, 0.717) is 0 Å². The van der Waals surface area contributed by atoms with Crippen molar-refractivity contribution in [1.29, 1.82) is 0 Å². The van der Waals surface area contributed by atoms with Crippen molar-refractivity contribution in [3.63, 3.8) is 0 Å². The van der Waals surface area contributed by atoms with Gasteiger partial charge < -0.3 is 10.2 Å². The topological polar surface area (TPSA) is 27.6 Å². The summed E-state index contributed by atoms with van der Waals surface area (Å²) in [6, 6.07) is 10.8. The Balaban J connectivity index is 0.00000220. The van der Waals surface area contributed by atoms with Gasteiger partial charge in [-0.15, -0.1) is 24.0 Å². The summed E-state index contributed by atoms with van der Waals surface area (Å²) in [4.78, 5) is 6.82. The van der Waals surface area contributed by atoms with Crippen molar-refractivity contribution >= 4 is 29.9 Å². The first-order valence-corrected chi connectivity index (χ1v) is 7.83. The molecule has 118 valence electrons. The molecule has 0 spiro atoms. The number of hydrogen-bond donors (Lipinski definition) is 1. The molecule has 1 aliphatic heterocycles. The molecule has 0 amide bonds. The maximum absolute atomic E-state index is 4.41. The van der Waals surface area contributed by atoms with Crippen LogP contribution in [-0.2, 0) is 6.42 Å². The number of nitrogens with zero attached hydrogens (tertiary/aromatic N) is 2. The lowest BCUT2D eigenvalue weighted by Crippen LogP contribution is -2.40. The SMILES string of the molecule is CCCCNC(=NC)N1CCC(Cc2ccccc2)C1.I. The van der Waals surface area contributed by atoms with Crippen LogP contribution in [0.2, 0.25) is 0 Å². The van der Waals surface area contributed by atoms with E-state index in [9.17, 15) is 0 Å². The maximum atomic E-state index is 4.41. The molecule has 4 heteroatoms. The van der Waals surface area contributed by atoms with Crippen molar-refractivity contribution < 1.29 is 0 Å². The Labute approximate surface area is 146 Å². The molecule has 1 N–H and O–H groups in total.